The molecule has 5 heteroatoms. The zero-order valence-electron chi connectivity index (χ0n) is 15.3. The molecule has 1 aliphatic rings. The Morgan fingerprint density at radius 1 is 1.21 bits per heavy atom. The van der Waals surface area contributed by atoms with Gasteiger partial charge in [-0.3, -0.25) is 9.69 Å². The summed E-state index contributed by atoms with van der Waals surface area (Å²) in [6.07, 6.45) is -0.533. The van der Waals surface area contributed by atoms with Crippen molar-refractivity contribution < 1.29 is 14.6 Å². The van der Waals surface area contributed by atoms with Gasteiger partial charge in [0, 0.05) is 38.1 Å². The lowest BCUT2D eigenvalue weighted by molar-refractivity contribution is -0.141. The number of nitrogens with zero attached hydrogens (tertiary/aromatic N) is 2. The van der Waals surface area contributed by atoms with E-state index in [0.29, 0.717) is 6.54 Å². The smallest absolute Gasteiger partial charge is 0.228 e. The van der Waals surface area contributed by atoms with E-state index >= 15 is 0 Å². The van der Waals surface area contributed by atoms with E-state index in [0.717, 1.165) is 37.5 Å². The molecule has 1 amide bonds. The quantitative estimate of drug-likeness (QED) is 0.894. The number of aliphatic hydroxyl groups is 1. The summed E-state index contributed by atoms with van der Waals surface area (Å²) in [4.78, 5) is 16.4. The van der Waals surface area contributed by atoms with Gasteiger partial charge in [-0.05, 0) is 18.6 Å². The zero-order chi connectivity index (χ0) is 17.7. The number of amides is 1. The van der Waals surface area contributed by atoms with Crippen LogP contribution in [0, 0.1) is 12.3 Å². The van der Waals surface area contributed by atoms with Gasteiger partial charge in [0.1, 0.15) is 18.5 Å². The number of rotatable bonds is 5. The lowest BCUT2D eigenvalue weighted by Gasteiger charge is -2.38. The Hall–Kier alpha value is -1.59. The average molecular weight is 334 g/mol. The van der Waals surface area contributed by atoms with E-state index in [1.54, 1.807) is 0 Å². The molecule has 0 spiro atoms. The van der Waals surface area contributed by atoms with Crippen LogP contribution in [0.25, 0.3) is 0 Å². The highest BCUT2D eigenvalue weighted by Gasteiger charge is 2.30. The summed E-state index contributed by atoms with van der Waals surface area (Å²) < 4.78 is 5.70. The number of para-hydroxylation sites is 1. The van der Waals surface area contributed by atoms with E-state index in [1.807, 2.05) is 56.9 Å². The molecule has 0 bridgehead atoms. The van der Waals surface area contributed by atoms with Gasteiger partial charge in [-0.1, -0.05) is 39.0 Å². The molecule has 5 nitrogen and oxygen atoms in total. The first-order valence-electron chi connectivity index (χ1n) is 8.65. The molecule has 1 fully saturated rings. The highest BCUT2D eigenvalue weighted by molar-refractivity contribution is 5.81. The van der Waals surface area contributed by atoms with E-state index in [1.165, 1.54) is 0 Å². The molecule has 24 heavy (non-hydrogen) atoms. The maximum absolute atomic E-state index is 12.3. The number of hydrogen-bond acceptors (Lipinski definition) is 4. The Labute approximate surface area is 145 Å². The molecule has 0 aliphatic carbocycles. The van der Waals surface area contributed by atoms with E-state index in [2.05, 4.69) is 4.90 Å². The Balaban J connectivity index is 1.73. The standard InChI is InChI=1S/C19H30N2O3/c1-15-7-5-6-8-17(15)24-14-16(22)13-20-9-11-21(12-10-20)18(23)19(2,3)4/h5-8,16,22H,9-14H2,1-4H3. The number of β-amino-alcohol motifs (C(OH)–C–C–N with tert-alkyl or cyclic N) is 1. The zero-order valence-corrected chi connectivity index (χ0v) is 15.3. The van der Waals surface area contributed by atoms with Crippen molar-refractivity contribution in [1.29, 1.82) is 0 Å². The summed E-state index contributed by atoms with van der Waals surface area (Å²) in [5, 5.41) is 10.2. The van der Waals surface area contributed by atoms with Crippen molar-refractivity contribution in [3.05, 3.63) is 29.8 Å². The van der Waals surface area contributed by atoms with Crippen molar-refractivity contribution >= 4 is 5.91 Å². The molecule has 2 rings (SSSR count). The van der Waals surface area contributed by atoms with Crippen LogP contribution in [0.3, 0.4) is 0 Å². The van der Waals surface area contributed by atoms with Crippen LogP contribution in [0.5, 0.6) is 5.75 Å². The third-order valence-electron chi connectivity index (χ3n) is 4.29. The van der Waals surface area contributed by atoms with Crippen LogP contribution >= 0.6 is 0 Å². The van der Waals surface area contributed by atoms with Gasteiger partial charge in [-0.15, -0.1) is 0 Å². The number of ether oxygens (including phenoxy) is 1. The van der Waals surface area contributed by atoms with Gasteiger partial charge >= 0.3 is 0 Å². The van der Waals surface area contributed by atoms with E-state index < -0.39 is 6.10 Å². The Kier molecular flexibility index (Phi) is 6.24. The van der Waals surface area contributed by atoms with Crippen molar-refractivity contribution in [2.75, 3.05) is 39.3 Å². The third kappa shape index (κ3) is 5.21. The highest BCUT2D eigenvalue weighted by Crippen LogP contribution is 2.19. The van der Waals surface area contributed by atoms with Gasteiger partial charge in [-0.2, -0.15) is 0 Å². The van der Waals surface area contributed by atoms with E-state index in [9.17, 15) is 9.90 Å². The molecule has 1 atom stereocenters. The second-order valence-corrected chi connectivity index (χ2v) is 7.57. The Morgan fingerprint density at radius 2 is 1.83 bits per heavy atom. The second kappa shape index (κ2) is 7.99. The fourth-order valence-corrected chi connectivity index (χ4v) is 2.86. The van der Waals surface area contributed by atoms with Crippen molar-refractivity contribution in [2.45, 2.75) is 33.8 Å². The Bertz CT molecular complexity index is 546. The molecule has 1 aromatic rings. The van der Waals surface area contributed by atoms with Crippen LogP contribution in [0.15, 0.2) is 24.3 Å². The van der Waals surface area contributed by atoms with Gasteiger partial charge in [0.05, 0.1) is 0 Å². The van der Waals surface area contributed by atoms with E-state index in [4.69, 9.17) is 4.74 Å². The van der Waals surface area contributed by atoms with Crippen LogP contribution in [0.4, 0.5) is 0 Å². The monoisotopic (exact) mass is 334 g/mol. The topological polar surface area (TPSA) is 53.0 Å². The van der Waals surface area contributed by atoms with Crippen LogP contribution in [-0.4, -0.2) is 66.2 Å². The van der Waals surface area contributed by atoms with Crippen molar-refractivity contribution in [1.82, 2.24) is 9.80 Å². The summed E-state index contributed by atoms with van der Waals surface area (Å²) in [5.74, 6) is 1.02. The average Bonchev–Trinajstić information content (AvgIpc) is 2.53. The number of aryl methyl sites for hydroxylation is 1. The summed E-state index contributed by atoms with van der Waals surface area (Å²) in [6.45, 7) is 11.7. The number of carbonyl (C=O) groups excluding carboxylic acids is 1. The molecule has 134 valence electrons. The third-order valence-corrected chi connectivity index (χ3v) is 4.29. The molecule has 1 N–H and O–H groups in total. The Morgan fingerprint density at radius 3 is 2.42 bits per heavy atom. The van der Waals surface area contributed by atoms with Gasteiger partial charge in [0.2, 0.25) is 5.91 Å². The van der Waals surface area contributed by atoms with Crippen molar-refractivity contribution in [3.63, 3.8) is 0 Å². The first kappa shape index (κ1) is 18.7. The molecular weight excluding hydrogens is 304 g/mol. The van der Waals surface area contributed by atoms with Gasteiger partial charge in [0.15, 0.2) is 0 Å². The minimum atomic E-state index is -0.533. The predicted octanol–water partition coefficient (Wildman–Crippen LogP) is 1.93. The fraction of sp³-hybridized carbons (Fsp3) is 0.632. The minimum absolute atomic E-state index is 0.200. The van der Waals surface area contributed by atoms with Crippen LogP contribution in [0.2, 0.25) is 0 Å². The normalized spacial score (nSPS) is 17.6. The maximum atomic E-state index is 12.3. The van der Waals surface area contributed by atoms with Crippen molar-refractivity contribution in [2.24, 2.45) is 5.41 Å². The first-order valence-corrected chi connectivity index (χ1v) is 8.65. The molecule has 1 saturated heterocycles. The largest absolute Gasteiger partial charge is 0.491 e. The number of carbonyl (C=O) groups is 1. The summed E-state index contributed by atoms with van der Waals surface area (Å²) >= 11 is 0. The second-order valence-electron chi connectivity index (χ2n) is 7.57. The number of benzene rings is 1. The predicted molar refractivity (Wildman–Crippen MR) is 95.2 cm³/mol. The summed E-state index contributed by atoms with van der Waals surface area (Å²) in [5.41, 5.74) is 0.738. The van der Waals surface area contributed by atoms with Crippen LogP contribution in [0.1, 0.15) is 26.3 Å². The number of hydrogen-bond donors (Lipinski definition) is 1. The summed E-state index contributed by atoms with van der Waals surface area (Å²) in [6, 6.07) is 7.81. The van der Waals surface area contributed by atoms with E-state index in [-0.39, 0.29) is 17.9 Å². The summed E-state index contributed by atoms with van der Waals surface area (Å²) in [7, 11) is 0. The van der Waals surface area contributed by atoms with Gasteiger partial charge in [0.25, 0.3) is 0 Å². The fourth-order valence-electron chi connectivity index (χ4n) is 2.86. The molecule has 1 heterocycles. The van der Waals surface area contributed by atoms with Crippen LogP contribution < -0.4 is 4.74 Å². The first-order chi connectivity index (χ1) is 11.3. The molecule has 0 saturated carbocycles. The minimum Gasteiger partial charge on any atom is -0.491 e. The molecular formula is C19H30N2O3. The van der Waals surface area contributed by atoms with Gasteiger partial charge in [-0.25, -0.2) is 0 Å². The number of piperazine rings is 1. The molecule has 1 unspecified atom stereocenters. The number of aliphatic hydroxyl groups excluding tert-OH is 1. The lowest BCUT2D eigenvalue weighted by Crippen LogP contribution is -2.53. The van der Waals surface area contributed by atoms with Crippen molar-refractivity contribution in [3.8, 4) is 5.75 Å². The lowest BCUT2D eigenvalue weighted by atomic mass is 9.94. The molecule has 1 aliphatic heterocycles. The maximum Gasteiger partial charge on any atom is 0.228 e. The SMILES string of the molecule is Cc1ccccc1OCC(O)CN1CCN(C(=O)C(C)(C)C)CC1. The molecule has 0 radical (unpaired) electrons. The molecule has 0 aromatic heterocycles. The van der Waals surface area contributed by atoms with Gasteiger partial charge < -0.3 is 14.7 Å². The highest BCUT2D eigenvalue weighted by atomic mass is 16.5. The molecule has 1 aromatic carbocycles. The van der Waals surface area contributed by atoms with Crippen LogP contribution in [-0.2, 0) is 4.79 Å².